The number of aromatic nitrogens is 7. The molecule has 10 heteroatoms. The molecule has 2 N–H and O–H groups in total. The molecule has 0 atom stereocenters. The Morgan fingerprint density at radius 3 is 1.86 bits per heavy atom. The Hall–Kier alpha value is -7.07. The largest absolute Gasteiger partial charge is 0.340 e. The molecule has 0 unspecified atom stereocenters. The van der Waals surface area contributed by atoms with Gasteiger partial charge in [0, 0.05) is 51.1 Å². The van der Waals surface area contributed by atoms with E-state index in [0.717, 1.165) is 60.9 Å². The molecule has 0 saturated carbocycles. The summed E-state index contributed by atoms with van der Waals surface area (Å²) in [5, 5.41) is 14.3. The molecule has 0 aliphatic rings. The summed E-state index contributed by atoms with van der Waals surface area (Å²) in [5.74, 6) is 2.23. The Morgan fingerprint density at radius 1 is 0.569 bits per heavy atom. The van der Waals surface area contributed by atoms with Gasteiger partial charge in [0.2, 0.25) is 0 Å². The SMILES string of the molecule is Fc1cccc(Nc2nc(-c3ccc(Cn4ncc5cc(Nc6nc(-c7ccncc7)nc7ccccc67)ccc54)cc3)nc3ccccc23)c1. The van der Waals surface area contributed by atoms with Gasteiger partial charge in [-0.1, -0.05) is 54.6 Å². The fourth-order valence-corrected chi connectivity index (χ4v) is 6.17. The highest BCUT2D eigenvalue weighted by molar-refractivity contribution is 5.94. The number of rotatable bonds is 8. The van der Waals surface area contributed by atoms with Gasteiger partial charge in [0.15, 0.2) is 11.6 Å². The van der Waals surface area contributed by atoms with Gasteiger partial charge in [-0.15, -0.1) is 0 Å². The molecule has 0 fully saturated rings. The van der Waals surface area contributed by atoms with Gasteiger partial charge in [-0.3, -0.25) is 9.67 Å². The molecule has 0 saturated heterocycles. The first-order chi connectivity index (χ1) is 25.1. The van der Waals surface area contributed by atoms with Crippen LogP contribution < -0.4 is 10.6 Å². The summed E-state index contributed by atoms with van der Waals surface area (Å²) in [5.41, 5.74) is 7.04. The first kappa shape index (κ1) is 30.0. The lowest BCUT2D eigenvalue weighted by Crippen LogP contribution is -2.02. The number of fused-ring (bicyclic) bond motifs is 3. The van der Waals surface area contributed by atoms with Gasteiger partial charge in [-0.05, 0) is 78.4 Å². The van der Waals surface area contributed by atoms with Crippen LogP contribution in [-0.4, -0.2) is 34.7 Å². The predicted octanol–water partition coefficient (Wildman–Crippen LogP) is 9.33. The fraction of sp³-hybridized carbons (Fsp3) is 0.0244. The molecular weight excluding hydrogens is 638 g/mol. The molecule has 0 aliphatic carbocycles. The Morgan fingerprint density at radius 2 is 1.20 bits per heavy atom. The zero-order valence-electron chi connectivity index (χ0n) is 27.1. The summed E-state index contributed by atoms with van der Waals surface area (Å²) >= 11 is 0. The van der Waals surface area contributed by atoms with E-state index >= 15 is 0 Å². The highest BCUT2D eigenvalue weighted by Gasteiger charge is 2.13. The fourth-order valence-electron chi connectivity index (χ4n) is 6.17. The maximum absolute atomic E-state index is 13.9. The topological polar surface area (TPSA) is 106 Å². The third-order valence-electron chi connectivity index (χ3n) is 8.68. The maximum atomic E-state index is 13.9. The van der Waals surface area contributed by atoms with Crippen LogP contribution in [0, 0.1) is 5.82 Å². The molecular formula is C41H28FN9. The van der Waals surface area contributed by atoms with Crippen molar-refractivity contribution in [2.24, 2.45) is 0 Å². The Labute approximate surface area is 291 Å². The number of hydrogen-bond donors (Lipinski definition) is 2. The maximum Gasteiger partial charge on any atom is 0.162 e. The third kappa shape index (κ3) is 6.06. The minimum Gasteiger partial charge on any atom is -0.340 e. The summed E-state index contributed by atoms with van der Waals surface area (Å²) in [6.07, 6.45) is 5.36. The van der Waals surface area contributed by atoms with Gasteiger partial charge < -0.3 is 10.6 Å². The Kier molecular flexibility index (Phi) is 7.51. The Bertz CT molecular complexity index is 2690. The molecule has 9 rings (SSSR count). The first-order valence-electron chi connectivity index (χ1n) is 16.4. The van der Waals surface area contributed by atoms with E-state index in [1.54, 1.807) is 18.5 Å². The lowest BCUT2D eigenvalue weighted by molar-refractivity contribution is 0.628. The number of pyridine rings is 1. The van der Waals surface area contributed by atoms with Crippen LogP contribution in [0.25, 0.3) is 55.5 Å². The van der Waals surface area contributed by atoms with Crippen molar-refractivity contribution in [1.29, 1.82) is 0 Å². The van der Waals surface area contributed by atoms with E-state index in [1.807, 2.05) is 95.8 Å². The lowest BCUT2D eigenvalue weighted by atomic mass is 10.1. The van der Waals surface area contributed by atoms with Crippen LogP contribution in [0.4, 0.5) is 27.4 Å². The average molecular weight is 666 g/mol. The van der Waals surface area contributed by atoms with Gasteiger partial charge in [0.25, 0.3) is 0 Å². The van der Waals surface area contributed by atoms with Crippen molar-refractivity contribution in [2.45, 2.75) is 6.54 Å². The van der Waals surface area contributed by atoms with Gasteiger partial charge in [-0.2, -0.15) is 5.10 Å². The normalized spacial score (nSPS) is 11.3. The number of nitrogens with zero attached hydrogens (tertiary/aromatic N) is 7. The van der Waals surface area contributed by atoms with Crippen molar-refractivity contribution < 1.29 is 4.39 Å². The molecule has 5 aromatic carbocycles. The van der Waals surface area contributed by atoms with E-state index in [2.05, 4.69) is 39.9 Å². The van der Waals surface area contributed by atoms with Gasteiger partial charge in [-0.25, -0.2) is 24.3 Å². The number of anilines is 4. The highest BCUT2D eigenvalue weighted by atomic mass is 19.1. The highest BCUT2D eigenvalue weighted by Crippen LogP contribution is 2.30. The standard InChI is InChI=1S/C41H28FN9/c42-30-6-5-7-31(23-30)45-40-33-8-1-3-10-35(33)47-38(49-40)27-14-12-26(13-15-27)25-51-37-17-16-32(22-29(37)24-44-51)46-41-34-9-2-4-11-36(34)48-39(50-41)28-18-20-43-21-19-28/h1-24H,25H2,(H,45,47,49)(H,46,48,50). The quantitative estimate of drug-likeness (QED) is 0.165. The Balaban J connectivity index is 0.965. The second-order valence-corrected chi connectivity index (χ2v) is 12.1. The number of para-hydroxylation sites is 2. The molecule has 0 spiro atoms. The zero-order valence-corrected chi connectivity index (χ0v) is 27.1. The van der Waals surface area contributed by atoms with Crippen molar-refractivity contribution >= 4 is 55.7 Å². The summed E-state index contributed by atoms with van der Waals surface area (Å²) < 4.78 is 15.9. The zero-order chi connectivity index (χ0) is 34.1. The van der Waals surface area contributed by atoms with Crippen LogP contribution in [0.15, 0.2) is 146 Å². The molecule has 9 aromatic rings. The van der Waals surface area contributed by atoms with Crippen molar-refractivity contribution in [1.82, 2.24) is 34.7 Å². The minimum atomic E-state index is -0.317. The molecule has 244 valence electrons. The smallest absolute Gasteiger partial charge is 0.162 e. The van der Waals surface area contributed by atoms with Gasteiger partial charge in [0.1, 0.15) is 17.5 Å². The summed E-state index contributed by atoms with van der Waals surface area (Å²) in [6.45, 7) is 0.591. The van der Waals surface area contributed by atoms with E-state index in [4.69, 9.17) is 25.0 Å². The van der Waals surface area contributed by atoms with E-state index in [9.17, 15) is 4.39 Å². The van der Waals surface area contributed by atoms with Crippen LogP contribution >= 0.6 is 0 Å². The molecule has 0 aliphatic heterocycles. The van der Waals surface area contributed by atoms with Crippen LogP contribution in [0.1, 0.15) is 5.56 Å². The number of benzene rings is 5. The average Bonchev–Trinajstić information content (AvgIpc) is 3.57. The molecule has 4 heterocycles. The van der Waals surface area contributed by atoms with Crippen LogP contribution in [0.2, 0.25) is 0 Å². The van der Waals surface area contributed by atoms with E-state index in [-0.39, 0.29) is 5.82 Å². The third-order valence-corrected chi connectivity index (χ3v) is 8.68. The van der Waals surface area contributed by atoms with Gasteiger partial charge in [0.05, 0.1) is 29.3 Å². The number of hydrogen-bond acceptors (Lipinski definition) is 8. The van der Waals surface area contributed by atoms with Crippen LogP contribution in [-0.2, 0) is 6.54 Å². The number of halogens is 1. The van der Waals surface area contributed by atoms with E-state index in [1.165, 1.54) is 12.1 Å². The second kappa shape index (κ2) is 12.8. The van der Waals surface area contributed by atoms with Gasteiger partial charge >= 0.3 is 0 Å². The van der Waals surface area contributed by atoms with Crippen molar-refractivity contribution in [3.05, 3.63) is 157 Å². The van der Waals surface area contributed by atoms with E-state index in [0.29, 0.717) is 29.7 Å². The summed E-state index contributed by atoms with van der Waals surface area (Å²) in [7, 11) is 0. The molecule has 51 heavy (non-hydrogen) atoms. The van der Waals surface area contributed by atoms with Crippen molar-refractivity contribution in [2.75, 3.05) is 10.6 Å². The van der Waals surface area contributed by atoms with Crippen molar-refractivity contribution in [3.8, 4) is 22.8 Å². The van der Waals surface area contributed by atoms with Crippen LogP contribution in [0.5, 0.6) is 0 Å². The molecule has 4 aromatic heterocycles. The first-order valence-corrected chi connectivity index (χ1v) is 16.4. The number of nitrogens with one attached hydrogen (secondary N) is 2. The predicted molar refractivity (Wildman–Crippen MR) is 200 cm³/mol. The molecule has 0 amide bonds. The minimum absolute atomic E-state index is 0.317. The monoisotopic (exact) mass is 665 g/mol. The second-order valence-electron chi connectivity index (χ2n) is 12.1. The summed E-state index contributed by atoms with van der Waals surface area (Å²) in [6, 6.07) is 40.3. The van der Waals surface area contributed by atoms with Crippen molar-refractivity contribution in [3.63, 3.8) is 0 Å². The molecule has 9 nitrogen and oxygen atoms in total. The lowest BCUT2D eigenvalue weighted by Gasteiger charge is -2.12. The van der Waals surface area contributed by atoms with Crippen LogP contribution in [0.3, 0.4) is 0 Å². The molecule has 0 radical (unpaired) electrons. The summed E-state index contributed by atoms with van der Waals surface area (Å²) in [4.78, 5) is 23.5. The van der Waals surface area contributed by atoms with E-state index < -0.39 is 0 Å². The molecule has 0 bridgehead atoms.